The van der Waals surface area contributed by atoms with Gasteiger partial charge < -0.3 is 10.0 Å². The molecule has 1 N–H and O–H groups in total. The quantitative estimate of drug-likeness (QED) is 0.392. The molecule has 0 atom stereocenters. The minimum Gasteiger partial charge on any atom is -0.508 e. The highest BCUT2D eigenvalue weighted by molar-refractivity contribution is 8.19. The van der Waals surface area contributed by atoms with Gasteiger partial charge in [0.15, 0.2) is 5.17 Å². The highest BCUT2D eigenvalue weighted by Crippen LogP contribution is 2.51. The third kappa shape index (κ3) is 4.56. The maximum Gasteiger partial charge on any atom is 0.269 e. The predicted octanol–water partition coefficient (Wildman–Crippen LogP) is 6.65. The Morgan fingerprint density at radius 2 is 1.79 bits per heavy atom. The number of amides is 1. The molecule has 0 bridgehead atoms. The summed E-state index contributed by atoms with van der Waals surface area (Å²) in [4.78, 5) is 24.1. The smallest absolute Gasteiger partial charge is 0.269 e. The van der Waals surface area contributed by atoms with Gasteiger partial charge in [-0.05, 0) is 61.0 Å². The van der Waals surface area contributed by atoms with Gasteiger partial charge in [0.2, 0.25) is 0 Å². The van der Waals surface area contributed by atoms with Gasteiger partial charge >= 0.3 is 0 Å². The van der Waals surface area contributed by atoms with E-state index in [0.29, 0.717) is 27.3 Å². The van der Waals surface area contributed by atoms with Crippen LogP contribution in [0.2, 0.25) is 5.02 Å². The number of carbonyl (C=O) groups is 1. The fourth-order valence-electron chi connectivity index (χ4n) is 3.91. The molecule has 0 radical (unpaired) electrons. The average molecular weight is 508 g/mol. The minimum atomic E-state index is -0.0558. The summed E-state index contributed by atoms with van der Waals surface area (Å²) < 4.78 is 0. The first-order valence-corrected chi connectivity index (χ1v) is 12.9. The lowest BCUT2D eigenvalue weighted by atomic mass is 10.1. The largest absolute Gasteiger partial charge is 0.508 e. The Balaban J connectivity index is 1.52. The molecule has 0 aliphatic carbocycles. The van der Waals surface area contributed by atoms with Crippen LogP contribution in [0.1, 0.15) is 12.5 Å². The summed E-state index contributed by atoms with van der Waals surface area (Å²) >= 11 is 9.23. The van der Waals surface area contributed by atoms with Gasteiger partial charge in [0.25, 0.3) is 5.91 Å². The van der Waals surface area contributed by atoms with Gasteiger partial charge in [-0.1, -0.05) is 59.8 Å². The number of phenols is 1. The fourth-order valence-corrected chi connectivity index (χ4v) is 6.48. The molecule has 1 amide bonds. The summed E-state index contributed by atoms with van der Waals surface area (Å²) in [5.41, 5.74) is 2.78. The number of phenolic OH excluding ortho intramolecular Hbond substituents is 1. The van der Waals surface area contributed by atoms with E-state index in [1.54, 1.807) is 34.9 Å². The summed E-state index contributed by atoms with van der Waals surface area (Å²) in [5, 5.41) is 12.1. The van der Waals surface area contributed by atoms with Gasteiger partial charge in [-0.15, -0.1) is 0 Å². The number of carbonyl (C=O) groups excluding carboxylic acids is 1. The second-order valence-corrected chi connectivity index (χ2v) is 10.2. The zero-order chi connectivity index (χ0) is 23.7. The van der Waals surface area contributed by atoms with Crippen molar-refractivity contribution in [1.82, 2.24) is 4.90 Å². The summed E-state index contributed by atoms with van der Waals surface area (Å²) in [6, 6.07) is 22.7. The number of hydrogen-bond acceptors (Lipinski definition) is 6. The van der Waals surface area contributed by atoms with Crippen LogP contribution in [0.25, 0.3) is 0 Å². The summed E-state index contributed by atoms with van der Waals surface area (Å²) in [7, 11) is 0. The molecular formula is C26H22ClN3O2S2. The maximum atomic E-state index is 13.7. The lowest BCUT2D eigenvalue weighted by Gasteiger charge is -2.19. The first kappa shape index (κ1) is 22.9. The van der Waals surface area contributed by atoms with Crippen molar-refractivity contribution in [2.24, 2.45) is 4.99 Å². The Bertz CT molecular complexity index is 1310. The lowest BCUT2D eigenvalue weighted by molar-refractivity contribution is -0.122. The third-order valence-electron chi connectivity index (χ3n) is 5.56. The van der Waals surface area contributed by atoms with E-state index in [9.17, 15) is 9.90 Å². The molecule has 3 aromatic rings. The van der Waals surface area contributed by atoms with Crippen LogP contribution >= 0.6 is 35.1 Å². The van der Waals surface area contributed by atoms with Crippen LogP contribution < -0.4 is 4.90 Å². The normalized spacial score (nSPS) is 18.8. The van der Waals surface area contributed by atoms with Crippen molar-refractivity contribution in [3.05, 3.63) is 93.3 Å². The Labute approximate surface area is 212 Å². The number of hydrogen-bond donors (Lipinski definition) is 1. The summed E-state index contributed by atoms with van der Waals surface area (Å²) in [6.07, 6.45) is 0.718. The van der Waals surface area contributed by atoms with Crippen molar-refractivity contribution in [2.45, 2.75) is 18.2 Å². The first-order valence-electron chi connectivity index (χ1n) is 10.9. The maximum absolute atomic E-state index is 13.7. The van der Waals surface area contributed by atoms with Gasteiger partial charge in [0, 0.05) is 29.1 Å². The van der Waals surface area contributed by atoms with Gasteiger partial charge in [-0.3, -0.25) is 9.69 Å². The molecule has 2 heterocycles. The molecule has 2 aliphatic heterocycles. The van der Waals surface area contributed by atoms with E-state index in [2.05, 4.69) is 24.0 Å². The highest BCUT2D eigenvalue weighted by Gasteiger charge is 2.39. The SMILES string of the molecule is CCN1/C(=C2/SC(=Nc3cccc(O)c3)N(CCc3ccccc3)C2=O)Sc2ccc(Cl)cc21. The molecule has 1 saturated heterocycles. The van der Waals surface area contributed by atoms with E-state index in [4.69, 9.17) is 16.6 Å². The van der Waals surface area contributed by atoms with Crippen molar-refractivity contribution >= 4 is 57.6 Å². The van der Waals surface area contributed by atoms with Gasteiger partial charge in [-0.2, -0.15) is 0 Å². The predicted molar refractivity (Wildman–Crippen MR) is 142 cm³/mol. The zero-order valence-corrected chi connectivity index (χ0v) is 20.8. The van der Waals surface area contributed by atoms with Crippen LogP contribution in [0, 0.1) is 0 Å². The number of anilines is 1. The number of halogens is 1. The summed E-state index contributed by atoms with van der Waals surface area (Å²) in [5.74, 6) is 0.0844. The third-order valence-corrected chi connectivity index (χ3v) is 8.17. The zero-order valence-electron chi connectivity index (χ0n) is 18.4. The molecular weight excluding hydrogens is 486 g/mol. The van der Waals surface area contributed by atoms with Crippen molar-refractivity contribution in [3.63, 3.8) is 0 Å². The number of benzene rings is 3. The van der Waals surface area contributed by atoms with Crippen LogP contribution in [-0.2, 0) is 11.2 Å². The first-order chi connectivity index (χ1) is 16.5. The Kier molecular flexibility index (Phi) is 6.59. The molecule has 3 aromatic carbocycles. The van der Waals surface area contributed by atoms with E-state index in [1.165, 1.54) is 11.8 Å². The van der Waals surface area contributed by atoms with Crippen LogP contribution in [0.3, 0.4) is 0 Å². The Hall–Kier alpha value is -2.87. The minimum absolute atomic E-state index is 0.0558. The monoisotopic (exact) mass is 507 g/mol. The number of nitrogens with zero attached hydrogens (tertiary/aromatic N) is 3. The molecule has 0 aromatic heterocycles. The van der Waals surface area contributed by atoms with E-state index in [1.807, 2.05) is 42.5 Å². The Morgan fingerprint density at radius 1 is 0.971 bits per heavy atom. The second-order valence-electron chi connectivity index (χ2n) is 7.80. The second kappa shape index (κ2) is 9.78. The van der Waals surface area contributed by atoms with Gasteiger partial charge in [0.1, 0.15) is 15.7 Å². The highest BCUT2D eigenvalue weighted by atomic mass is 35.5. The average Bonchev–Trinajstić information content (AvgIpc) is 3.34. The van der Waals surface area contributed by atoms with E-state index in [0.717, 1.165) is 34.1 Å². The van der Waals surface area contributed by atoms with E-state index in [-0.39, 0.29) is 11.7 Å². The molecule has 8 heteroatoms. The summed E-state index contributed by atoms with van der Waals surface area (Å²) in [6.45, 7) is 3.30. The van der Waals surface area contributed by atoms with E-state index < -0.39 is 0 Å². The number of fused-ring (bicyclic) bond motifs is 1. The van der Waals surface area contributed by atoms with Crippen molar-refractivity contribution in [1.29, 1.82) is 0 Å². The van der Waals surface area contributed by atoms with Crippen LogP contribution in [0.5, 0.6) is 5.75 Å². The number of thioether (sulfide) groups is 2. The number of rotatable bonds is 5. The molecule has 5 nitrogen and oxygen atoms in total. The van der Waals surface area contributed by atoms with Crippen LogP contribution in [0.4, 0.5) is 11.4 Å². The molecule has 0 unspecified atom stereocenters. The molecule has 0 saturated carbocycles. The van der Waals surface area contributed by atoms with Crippen molar-refractivity contribution in [3.8, 4) is 5.75 Å². The molecule has 172 valence electrons. The van der Waals surface area contributed by atoms with Crippen LogP contribution in [-0.4, -0.2) is 34.2 Å². The number of amidine groups is 1. The van der Waals surface area contributed by atoms with Crippen molar-refractivity contribution < 1.29 is 9.90 Å². The number of aromatic hydroxyl groups is 1. The molecule has 5 rings (SSSR count). The molecule has 34 heavy (non-hydrogen) atoms. The van der Waals surface area contributed by atoms with Gasteiger partial charge in [-0.25, -0.2) is 4.99 Å². The van der Waals surface area contributed by atoms with E-state index >= 15 is 0 Å². The van der Waals surface area contributed by atoms with Crippen molar-refractivity contribution in [2.75, 3.05) is 18.0 Å². The number of aliphatic imine (C=N–C) groups is 1. The lowest BCUT2D eigenvalue weighted by Crippen LogP contribution is -2.32. The fraction of sp³-hybridized carbons (Fsp3) is 0.154. The topological polar surface area (TPSA) is 56.1 Å². The molecule has 0 spiro atoms. The molecule has 1 fully saturated rings. The van der Waals surface area contributed by atoms with Crippen LogP contribution in [0.15, 0.2) is 92.6 Å². The standard InChI is InChI=1S/C26H22ClN3O2S2/c1-2-29-21-15-18(27)11-12-22(21)33-25(29)23-24(32)30(14-13-17-7-4-3-5-8-17)26(34-23)28-19-9-6-10-20(31)16-19/h3-12,15-16,31H,2,13-14H2,1H3/b25-23-,28-26?. The Morgan fingerprint density at radius 3 is 2.56 bits per heavy atom. The molecule has 2 aliphatic rings. The van der Waals surface area contributed by atoms with Gasteiger partial charge in [0.05, 0.1) is 11.4 Å².